The van der Waals surface area contributed by atoms with Gasteiger partial charge in [-0.25, -0.2) is 14.2 Å². The average molecular weight is 268 g/mol. The highest BCUT2D eigenvalue weighted by Gasteiger charge is 2.10. The van der Waals surface area contributed by atoms with Crippen molar-refractivity contribution < 1.29 is 9.18 Å². The van der Waals surface area contributed by atoms with E-state index in [1.165, 1.54) is 13.2 Å². The maximum Gasteiger partial charge on any atom is 0.320 e. The Hall–Kier alpha value is -1.88. The molecule has 0 aliphatic carbocycles. The number of carbonyl (C=O) groups excluding carboxylic acids is 1. The molecule has 0 saturated heterocycles. The molecule has 2 amide bonds. The van der Waals surface area contributed by atoms with E-state index < -0.39 is 5.82 Å². The number of nitrogens with zero attached hydrogens (tertiary/aromatic N) is 1. The van der Waals surface area contributed by atoms with Gasteiger partial charge in [-0.15, -0.1) is 0 Å². The van der Waals surface area contributed by atoms with Crippen molar-refractivity contribution in [3.63, 3.8) is 0 Å². The number of hydrogen-bond acceptors (Lipinski definition) is 2. The minimum absolute atomic E-state index is 0.0454. The van der Waals surface area contributed by atoms with Gasteiger partial charge in [0.15, 0.2) is 0 Å². The maximum atomic E-state index is 13.6. The summed E-state index contributed by atoms with van der Waals surface area (Å²) in [6.07, 6.45) is 1.44. The van der Waals surface area contributed by atoms with Crippen LogP contribution in [-0.2, 0) is 0 Å². The SMILES string of the molecule is CNC(=O)Nc1cc2cc(C)c(F)c(Cl)c2cn1. The highest BCUT2D eigenvalue weighted by atomic mass is 35.5. The number of aromatic nitrogens is 1. The van der Waals surface area contributed by atoms with Gasteiger partial charge in [-0.3, -0.25) is 5.32 Å². The molecule has 2 aromatic rings. The topological polar surface area (TPSA) is 54.0 Å². The van der Waals surface area contributed by atoms with Gasteiger partial charge >= 0.3 is 6.03 Å². The fraction of sp³-hybridized carbons (Fsp3) is 0.167. The molecule has 2 N–H and O–H groups in total. The van der Waals surface area contributed by atoms with Gasteiger partial charge in [-0.1, -0.05) is 11.6 Å². The maximum absolute atomic E-state index is 13.6. The summed E-state index contributed by atoms with van der Waals surface area (Å²) >= 11 is 5.90. The molecule has 1 aromatic heterocycles. The number of halogens is 2. The molecule has 0 aliphatic rings. The smallest absolute Gasteiger partial charge is 0.320 e. The third kappa shape index (κ3) is 2.22. The van der Waals surface area contributed by atoms with E-state index in [2.05, 4.69) is 15.6 Å². The van der Waals surface area contributed by atoms with Gasteiger partial charge in [0.25, 0.3) is 0 Å². The molecule has 0 atom stereocenters. The van der Waals surface area contributed by atoms with Crippen molar-refractivity contribution in [1.82, 2.24) is 10.3 Å². The van der Waals surface area contributed by atoms with Crippen molar-refractivity contribution in [2.75, 3.05) is 12.4 Å². The van der Waals surface area contributed by atoms with Crippen LogP contribution in [-0.4, -0.2) is 18.1 Å². The van der Waals surface area contributed by atoms with Crippen molar-refractivity contribution >= 4 is 34.2 Å². The minimum Gasteiger partial charge on any atom is -0.341 e. The Morgan fingerprint density at radius 1 is 1.44 bits per heavy atom. The summed E-state index contributed by atoms with van der Waals surface area (Å²) in [7, 11) is 1.51. The van der Waals surface area contributed by atoms with Crippen LogP contribution in [0.5, 0.6) is 0 Å². The van der Waals surface area contributed by atoms with E-state index in [0.29, 0.717) is 16.8 Å². The number of amides is 2. The van der Waals surface area contributed by atoms with Crippen LogP contribution < -0.4 is 10.6 Å². The molecule has 0 fully saturated rings. The molecule has 0 saturated carbocycles. The molecule has 94 valence electrons. The van der Waals surface area contributed by atoms with Crippen LogP contribution in [0.15, 0.2) is 18.3 Å². The monoisotopic (exact) mass is 267 g/mol. The predicted molar refractivity (Wildman–Crippen MR) is 69.5 cm³/mol. The molecular weight excluding hydrogens is 257 g/mol. The van der Waals surface area contributed by atoms with E-state index in [-0.39, 0.29) is 11.1 Å². The molecule has 0 aliphatic heterocycles. The summed E-state index contributed by atoms with van der Waals surface area (Å²) in [6, 6.07) is 2.93. The van der Waals surface area contributed by atoms with Crippen LogP contribution in [0.25, 0.3) is 10.8 Å². The largest absolute Gasteiger partial charge is 0.341 e. The summed E-state index contributed by atoms with van der Waals surface area (Å²) < 4.78 is 13.6. The first-order valence-corrected chi connectivity index (χ1v) is 5.64. The number of urea groups is 1. The molecule has 0 radical (unpaired) electrons. The number of benzene rings is 1. The summed E-state index contributed by atoms with van der Waals surface area (Å²) in [5.74, 6) is -0.0677. The van der Waals surface area contributed by atoms with Crippen LogP contribution >= 0.6 is 11.6 Å². The summed E-state index contributed by atoms with van der Waals surface area (Å²) in [6.45, 7) is 1.63. The lowest BCUT2D eigenvalue weighted by Crippen LogP contribution is -2.24. The Kier molecular flexibility index (Phi) is 3.34. The number of nitrogens with one attached hydrogen (secondary N) is 2. The Morgan fingerprint density at radius 3 is 2.83 bits per heavy atom. The van der Waals surface area contributed by atoms with Gasteiger partial charge in [-0.2, -0.15) is 0 Å². The Labute approximate surface area is 108 Å². The lowest BCUT2D eigenvalue weighted by molar-refractivity contribution is 0.254. The number of pyridine rings is 1. The van der Waals surface area contributed by atoms with E-state index in [0.717, 1.165) is 5.39 Å². The van der Waals surface area contributed by atoms with Crippen LogP contribution in [0.3, 0.4) is 0 Å². The summed E-state index contributed by atoms with van der Waals surface area (Å²) in [5, 5.41) is 6.24. The van der Waals surface area contributed by atoms with Gasteiger partial charge in [0.2, 0.25) is 0 Å². The van der Waals surface area contributed by atoms with Gasteiger partial charge < -0.3 is 5.32 Å². The van der Waals surface area contributed by atoms with E-state index in [1.807, 2.05) is 0 Å². The molecule has 0 bridgehead atoms. The van der Waals surface area contributed by atoms with Gasteiger partial charge in [-0.05, 0) is 30.0 Å². The number of carbonyl (C=O) groups is 1. The molecule has 18 heavy (non-hydrogen) atoms. The third-order valence-electron chi connectivity index (χ3n) is 2.55. The Bertz CT molecular complexity index is 630. The average Bonchev–Trinajstić information content (AvgIpc) is 2.35. The minimum atomic E-state index is -0.446. The van der Waals surface area contributed by atoms with Crippen LogP contribution in [0.2, 0.25) is 5.02 Å². The molecule has 0 unspecified atom stereocenters. The highest BCUT2D eigenvalue weighted by Crippen LogP contribution is 2.29. The third-order valence-corrected chi connectivity index (χ3v) is 2.92. The first-order chi connectivity index (χ1) is 8.52. The molecule has 6 heteroatoms. The van der Waals surface area contributed by atoms with Crippen molar-refractivity contribution in [2.45, 2.75) is 6.92 Å². The highest BCUT2D eigenvalue weighted by molar-refractivity contribution is 6.35. The number of hydrogen-bond donors (Lipinski definition) is 2. The summed E-state index contributed by atoms with van der Waals surface area (Å²) in [4.78, 5) is 15.2. The number of anilines is 1. The first kappa shape index (κ1) is 12.6. The first-order valence-electron chi connectivity index (χ1n) is 5.26. The van der Waals surface area contributed by atoms with Gasteiger partial charge in [0, 0.05) is 18.6 Å². The second-order valence-corrected chi connectivity index (χ2v) is 4.19. The zero-order valence-corrected chi connectivity index (χ0v) is 10.6. The van der Waals surface area contributed by atoms with Gasteiger partial charge in [0.1, 0.15) is 11.6 Å². The quantitative estimate of drug-likeness (QED) is 0.834. The standard InChI is InChI=1S/C12H11ClFN3O/c1-6-3-7-4-9(17-12(18)15-2)16-5-8(7)10(13)11(6)14/h3-5H,1-2H3,(H2,15,16,17,18). The number of rotatable bonds is 1. The predicted octanol–water partition coefficient (Wildman–Crippen LogP) is 3.09. The normalized spacial score (nSPS) is 10.4. The van der Waals surface area contributed by atoms with Gasteiger partial charge in [0.05, 0.1) is 5.02 Å². The van der Waals surface area contributed by atoms with Crippen molar-refractivity contribution in [3.05, 3.63) is 34.7 Å². The second-order valence-electron chi connectivity index (χ2n) is 3.82. The zero-order chi connectivity index (χ0) is 13.3. The molecular formula is C12H11ClFN3O. The summed E-state index contributed by atoms with van der Waals surface area (Å²) in [5.41, 5.74) is 0.449. The number of fused-ring (bicyclic) bond motifs is 1. The fourth-order valence-electron chi connectivity index (χ4n) is 1.61. The van der Waals surface area contributed by atoms with E-state index >= 15 is 0 Å². The van der Waals surface area contributed by atoms with Crippen LogP contribution in [0, 0.1) is 12.7 Å². The van der Waals surface area contributed by atoms with Crippen molar-refractivity contribution in [1.29, 1.82) is 0 Å². The van der Waals surface area contributed by atoms with E-state index in [1.54, 1.807) is 19.1 Å². The molecule has 2 rings (SSSR count). The Balaban J connectivity index is 2.52. The second kappa shape index (κ2) is 4.78. The van der Waals surface area contributed by atoms with Crippen LogP contribution in [0.1, 0.15) is 5.56 Å². The zero-order valence-electron chi connectivity index (χ0n) is 9.84. The van der Waals surface area contributed by atoms with Crippen LogP contribution in [0.4, 0.5) is 15.0 Å². The molecule has 4 nitrogen and oxygen atoms in total. The van der Waals surface area contributed by atoms with E-state index in [4.69, 9.17) is 11.6 Å². The molecule has 1 aromatic carbocycles. The van der Waals surface area contributed by atoms with Crippen molar-refractivity contribution in [2.24, 2.45) is 0 Å². The number of aryl methyl sites for hydroxylation is 1. The van der Waals surface area contributed by atoms with E-state index in [9.17, 15) is 9.18 Å². The lowest BCUT2D eigenvalue weighted by atomic mass is 10.1. The lowest BCUT2D eigenvalue weighted by Gasteiger charge is -2.08. The Morgan fingerprint density at radius 2 is 2.17 bits per heavy atom. The molecule has 0 spiro atoms. The van der Waals surface area contributed by atoms with Crippen molar-refractivity contribution in [3.8, 4) is 0 Å². The molecule has 1 heterocycles. The fourth-order valence-corrected chi connectivity index (χ4v) is 1.92.